The summed E-state index contributed by atoms with van der Waals surface area (Å²) in [7, 11) is 0. The van der Waals surface area contributed by atoms with E-state index >= 15 is 0 Å². The smallest absolute Gasteiger partial charge is 0.256 e. The normalized spacial score (nSPS) is 23.8. The first-order valence-corrected chi connectivity index (χ1v) is 9.62. The lowest BCUT2D eigenvalue weighted by atomic mass is 9.88. The molecule has 1 saturated carbocycles. The Bertz CT molecular complexity index is 760. The second-order valence-corrected chi connectivity index (χ2v) is 7.75. The Balaban J connectivity index is 1.55. The van der Waals surface area contributed by atoms with Crippen LogP contribution in [0.2, 0.25) is 5.02 Å². The van der Waals surface area contributed by atoms with Crippen molar-refractivity contribution in [3.63, 3.8) is 0 Å². The zero-order valence-electron chi connectivity index (χ0n) is 14.5. The van der Waals surface area contributed by atoms with Gasteiger partial charge < -0.3 is 15.1 Å². The summed E-state index contributed by atoms with van der Waals surface area (Å²) in [5.74, 6) is -0.254. The zero-order chi connectivity index (χ0) is 18.3. The molecule has 1 atom stereocenters. The van der Waals surface area contributed by atoms with Gasteiger partial charge in [-0.2, -0.15) is 0 Å². The summed E-state index contributed by atoms with van der Waals surface area (Å²) in [4.78, 5) is 41.8. The first-order valence-electron chi connectivity index (χ1n) is 9.25. The van der Waals surface area contributed by atoms with Crippen molar-refractivity contribution in [3.05, 3.63) is 28.8 Å². The minimum atomic E-state index is -0.657. The Morgan fingerprint density at radius 2 is 1.88 bits per heavy atom. The molecular formula is C19H22ClN3O3. The van der Waals surface area contributed by atoms with Crippen LogP contribution in [0.1, 0.15) is 42.5 Å². The lowest BCUT2D eigenvalue weighted by molar-refractivity contribution is -0.140. The molecule has 2 aliphatic heterocycles. The van der Waals surface area contributed by atoms with Crippen LogP contribution in [-0.2, 0) is 9.59 Å². The molecular weight excluding hydrogens is 354 g/mol. The molecule has 4 rings (SSSR count). The van der Waals surface area contributed by atoms with E-state index in [1.165, 1.54) is 6.42 Å². The van der Waals surface area contributed by atoms with E-state index in [1.54, 1.807) is 28.0 Å². The van der Waals surface area contributed by atoms with E-state index in [0.29, 0.717) is 29.4 Å². The first-order chi connectivity index (χ1) is 12.5. The lowest BCUT2D eigenvalue weighted by Crippen LogP contribution is -2.60. The Labute approximate surface area is 157 Å². The van der Waals surface area contributed by atoms with Crippen molar-refractivity contribution < 1.29 is 14.4 Å². The molecule has 0 bridgehead atoms. The van der Waals surface area contributed by atoms with E-state index in [9.17, 15) is 14.4 Å². The number of hydrogen-bond acceptors (Lipinski definition) is 3. The van der Waals surface area contributed by atoms with Gasteiger partial charge in [0.15, 0.2) is 0 Å². The molecule has 0 radical (unpaired) electrons. The summed E-state index contributed by atoms with van der Waals surface area (Å²) in [6.45, 7) is 1.11. The number of rotatable bonds is 1. The van der Waals surface area contributed by atoms with E-state index in [-0.39, 0.29) is 30.2 Å². The van der Waals surface area contributed by atoms with Gasteiger partial charge in [0.1, 0.15) is 6.04 Å². The Morgan fingerprint density at radius 1 is 1.12 bits per heavy atom. The molecule has 1 aliphatic carbocycles. The second-order valence-electron chi connectivity index (χ2n) is 7.31. The molecule has 1 aromatic rings. The highest BCUT2D eigenvalue weighted by Gasteiger charge is 2.41. The van der Waals surface area contributed by atoms with E-state index in [1.807, 2.05) is 0 Å². The predicted molar refractivity (Wildman–Crippen MR) is 98.1 cm³/mol. The summed E-state index contributed by atoms with van der Waals surface area (Å²) in [5, 5.41) is 3.27. The fourth-order valence-electron chi connectivity index (χ4n) is 4.24. The predicted octanol–water partition coefficient (Wildman–Crippen LogP) is 2.53. The van der Waals surface area contributed by atoms with E-state index in [2.05, 4.69) is 5.32 Å². The molecule has 0 spiro atoms. The van der Waals surface area contributed by atoms with Crippen molar-refractivity contribution in [1.29, 1.82) is 0 Å². The van der Waals surface area contributed by atoms with Crippen LogP contribution in [-0.4, -0.2) is 53.2 Å². The number of amides is 3. The number of carbonyl (C=O) groups excluding carboxylic acids is 3. The number of nitrogens with zero attached hydrogens (tertiary/aromatic N) is 2. The zero-order valence-corrected chi connectivity index (χ0v) is 15.3. The minimum absolute atomic E-state index is 0.0656. The molecule has 0 aromatic heterocycles. The standard InChI is InChI=1S/C19H22ClN3O3/c20-13-6-7-14-15(10-13)21-17(24)16-11-22(8-9-23(16)19(14)26)18(25)12-4-2-1-3-5-12/h6-7,10,12,16H,1-5,8-9,11H2,(H,21,24)/t16-/m1/s1. The maximum atomic E-state index is 12.9. The molecule has 2 heterocycles. The minimum Gasteiger partial charge on any atom is -0.338 e. The fourth-order valence-corrected chi connectivity index (χ4v) is 4.41. The third-order valence-corrected chi connectivity index (χ3v) is 5.91. The van der Waals surface area contributed by atoms with Gasteiger partial charge in [-0.3, -0.25) is 14.4 Å². The summed E-state index contributed by atoms with van der Waals surface area (Å²) >= 11 is 6.00. The maximum Gasteiger partial charge on any atom is 0.256 e. The molecule has 6 nitrogen and oxygen atoms in total. The molecule has 26 heavy (non-hydrogen) atoms. The highest BCUT2D eigenvalue weighted by Crippen LogP contribution is 2.30. The monoisotopic (exact) mass is 375 g/mol. The first kappa shape index (κ1) is 17.3. The van der Waals surface area contributed by atoms with Crippen LogP contribution in [0.3, 0.4) is 0 Å². The molecule has 1 saturated heterocycles. The quantitative estimate of drug-likeness (QED) is 0.820. The van der Waals surface area contributed by atoms with Crippen molar-refractivity contribution in [2.24, 2.45) is 5.92 Å². The maximum absolute atomic E-state index is 12.9. The molecule has 7 heteroatoms. The Kier molecular flexibility index (Phi) is 4.61. The molecule has 3 amide bonds. The van der Waals surface area contributed by atoms with Crippen molar-refractivity contribution in [1.82, 2.24) is 9.80 Å². The summed E-state index contributed by atoms with van der Waals surface area (Å²) in [6.07, 6.45) is 5.24. The van der Waals surface area contributed by atoms with E-state index in [0.717, 1.165) is 25.7 Å². The molecule has 1 N–H and O–H groups in total. The number of piperazine rings is 1. The van der Waals surface area contributed by atoms with Crippen LogP contribution in [0.5, 0.6) is 0 Å². The SMILES string of the molecule is O=C1Nc2cc(Cl)ccc2C(=O)N2CCN(C(=O)C3CCCCC3)C[C@H]12. The highest BCUT2D eigenvalue weighted by atomic mass is 35.5. The van der Waals surface area contributed by atoms with Crippen LogP contribution in [0, 0.1) is 5.92 Å². The van der Waals surface area contributed by atoms with Crippen LogP contribution in [0.15, 0.2) is 18.2 Å². The number of halogens is 1. The van der Waals surface area contributed by atoms with Gasteiger partial charge in [0, 0.05) is 24.0 Å². The molecule has 2 fully saturated rings. The van der Waals surface area contributed by atoms with Crippen molar-refractivity contribution in [2.45, 2.75) is 38.1 Å². The van der Waals surface area contributed by atoms with Crippen molar-refractivity contribution in [2.75, 3.05) is 25.0 Å². The molecule has 0 unspecified atom stereocenters. The number of benzene rings is 1. The fraction of sp³-hybridized carbons (Fsp3) is 0.526. The largest absolute Gasteiger partial charge is 0.338 e. The van der Waals surface area contributed by atoms with Crippen LogP contribution >= 0.6 is 11.6 Å². The lowest BCUT2D eigenvalue weighted by Gasteiger charge is -2.40. The van der Waals surface area contributed by atoms with Crippen LogP contribution < -0.4 is 5.32 Å². The van der Waals surface area contributed by atoms with Gasteiger partial charge in [-0.05, 0) is 31.0 Å². The topological polar surface area (TPSA) is 69.7 Å². The Morgan fingerprint density at radius 3 is 2.65 bits per heavy atom. The number of anilines is 1. The molecule has 1 aromatic carbocycles. The third kappa shape index (κ3) is 3.07. The van der Waals surface area contributed by atoms with Gasteiger partial charge in [-0.1, -0.05) is 30.9 Å². The number of nitrogens with one attached hydrogen (secondary N) is 1. The Hall–Kier alpha value is -2.08. The summed E-state index contributed by atoms with van der Waals surface area (Å²) in [6, 6.07) is 4.22. The molecule has 138 valence electrons. The number of fused-ring (bicyclic) bond motifs is 2. The van der Waals surface area contributed by atoms with Gasteiger partial charge in [0.05, 0.1) is 17.8 Å². The summed E-state index contributed by atoms with van der Waals surface area (Å²) in [5.41, 5.74) is 0.879. The molecule has 3 aliphatic rings. The van der Waals surface area contributed by atoms with Gasteiger partial charge in [0.25, 0.3) is 5.91 Å². The van der Waals surface area contributed by atoms with Gasteiger partial charge in [-0.15, -0.1) is 0 Å². The average Bonchev–Trinajstić information content (AvgIpc) is 2.76. The third-order valence-electron chi connectivity index (χ3n) is 5.68. The van der Waals surface area contributed by atoms with Gasteiger partial charge in [0.2, 0.25) is 11.8 Å². The second kappa shape index (κ2) is 6.91. The van der Waals surface area contributed by atoms with Gasteiger partial charge in [-0.25, -0.2) is 0 Å². The number of hydrogen-bond donors (Lipinski definition) is 1. The van der Waals surface area contributed by atoms with Gasteiger partial charge >= 0.3 is 0 Å². The average molecular weight is 376 g/mol. The summed E-state index contributed by atoms with van der Waals surface area (Å²) < 4.78 is 0. The van der Waals surface area contributed by atoms with E-state index < -0.39 is 6.04 Å². The van der Waals surface area contributed by atoms with Crippen molar-refractivity contribution in [3.8, 4) is 0 Å². The van der Waals surface area contributed by atoms with Crippen LogP contribution in [0.25, 0.3) is 0 Å². The van der Waals surface area contributed by atoms with Crippen LogP contribution in [0.4, 0.5) is 5.69 Å². The van der Waals surface area contributed by atoms with Crippen molar-refractivity contribution >= 4 is 35.0 Å². The highest BCUT2D eigenvalue weighted by molar-refractivity contribution is 6.31. The van der Waals surface area contributed by atoms with E-state index in [4.69, 9.17) is 11.6 Å². The number of carbonyl (C=O) groups is 3.